The van der Waals surface area contributed by atoms with Crippen molar-refractivity contribution in [3.8, 4) is 0 Å². The second kappa shape index (κ2) is 3.47. The molecule has 0 amide bonds. The average Bonchev–Trinajstić information content (AvgIpc) is 1.85. The Balaban J connectivity index is 2.66. The van der Waals surface area contributed by atoms with Crippen LogP contribution in [-0.4, -0.2) is 9.19 Å². The van der Waals surface area contributed by atoms with E-state index >= 15 is 0 Å². The minimum atomic E-state index is -0.547. The van der Waals surface area contributed by atoms with Crippen LogP contribution in [0.2, 0.25) is 0 Å². The Bertz CT molecular complexity index is 218. The Morgan fingerprint density at radius 2 is 2.36 bits per heavy atom. The van der Waals surface area contributed by atoms with Gasteiger partial charge in [-0.15, -0.1) is 12.6 Å². The molecule has 1 aromatic rings. The van der Waals surface area contributed by atoms with Crippen LogP contribution in [0.15, 0.2) is 29.4 Å². The van der Waals surface area contributed by atoms with Crippen LogP contribution in [0.25, 0.3) is 0 Å². The van der Waals surface area contributed by atoms with Gasteiger partial charge in [0.05, 0.1) is 5.03 Å². The summed E-state index contributed by atoms with van der Waals surface area (Å²) in [5.74, 6) is 0. The highest BCUT2D eigenvalue weighted by atomic mass is 32.2. The molecule has 4 heteroatoms. The van der Waals surface area contributed by atoms with Gasteiger partial charge in [-0.05, 0) is 19.1 Å². The smallest absolute Gasteiger partial charge is 0.109 e. The maximum atomic E-state index is 5.65. The Labute approximate surface area is 76.0 Å². The third-order valence-electron chi connectivity index (χ3n) is 0.949. The third-order valence-corrected chi connectivity index (χ3v) is 2.09. The van der Waals surface area contributed by atoms with E-state index in [1.165, 1.54) is 11.8 Å². The maximum absolute atomic E-state index is 5.65. The molecule has 0 aliphatic carbocycles. The Morgan fingerprint density at radius 1 is 1.64 bits per heavy atom. The summed E-state index contributed by atoms with van der Waals surface area (Å²) in [6.45, 7) is 1.83. The van der Waals surface area contributed by atoms with E-state index < -0.39 is 4.20 Å². The van der Waals surface area contributed by atoms with Crippen LogP contribution in [0.1, 0.15) is 6.92 Å². The molecule has 1 heterocycles. The molecule has 1 atom stereocenters. The van der Waals surface area contributed by atoms with Gasteiger partial charge in [0.25, 0.3) is 0 Å². The predicted octanol–water partition coefficient (Wildman–Crippen LogP) is 1.74. The van der Waals surface area contributed by atoms with Gasteiger partial charge in [0.2, 0.25) is 0 Å². The summed E-state index contributed by atoms with van der Waals surface area (Å²) in [6, 6.07) is 5.71. The monoisotopic (exact) mass is 186 g/mol. The van der Waals surface area contributed by atoms with Crippen molar-refractivity contribution in [3.63, 3.8) is 0 Å². The van der Waals surface area contributed by atoms with Crippen molar-refractivity contribution in [2.24, 2.45) is 5.73 Å². The van der Waals surface area contributed by atoms with E-state index in [4.69, 9.17) is 5.73 Å². The summed E-state index contributed by atoms with van der Waals surface area (Å²) in [5.41, 5.74) is 5.65. The van der Waals surface area contributed by atoms with Crippen LogP contribution in [0, 0.1) is 0 Å². The van der Waals surface area contributed by atoms with E-state index in [0.29, 0.717) is 0 Å². The minimum Gasteiger partial charge on any atom is -0.308 e. The van der Waals surface area contributed by atoms with Crippen molar-refractivity contribution in [3.05, 3.63) is 24.4 Å². The summed E-state index contributed by atoms with van der Waals surface area (Å²) in [6.07, 6.45) is 1.74. The zero-order valence-corrected chi connectivity index (χ0v) is 7.90. The topological polar surface area (TPSA) is 38.9 Å². The predicted molar refractivity (Wildman–Crippen MR) is 51.7 cm³/mol. The fraction of sp³-hybridized carbons (Fsp3) is 0.286. The summed E-state index contributed by atoms with van der Waals surface area (Å²) in [7, 11) is 0. The van der Waals surface area contributed by atoms with E-state index in [-0.39, 0.29) is 0 Å². The van der Waals surface area contributed by atoms with Gasteiger partial charge in [-0.25, -0.2) is 4.98 Å². The molecular formula is C7H10N2S2. The van der Waals surface area contributed by atoms with E-state index in [2.05, 4.69) is 17.6 Å². The number of hydrogen-bond donors (Lipinski definition) is 2. The first-order valence-electron chi connectivity index (χ1n) is 3.19. The highest BCUT2D eigenvalue weighted by Gasteiger charge is 2.13. The zero-order valence-electron chi connectivity index (χ0n) is 6.19. The van der Waals surface area contributed by atoms with Gasteiger partial charge < -0.3 is 5.73 Å². The summed E-state index contributed by atoms with van der Waals surface area (Å²) in [5, 5.41) is 0.896. The Morgan fingerprint density at radius 3 is 2.82 bits per heavy atom. The number of nitrogens with zero attached hydrogens (tertiary/aromatic N) is 1. The van der Waals surface area contributed by atoms with Crippen molar-refractivity contribution in [2.75, 3.05) is 0 Å². The number of rotatable bonds is 2. The second-order valence-corrected chi connectivity index (χ2v) is 5.03. The number of hydrogen-bond acceptors (Lipinski definition) is 4. The Kier molecular flexibility index (Phi) is 2.81. The van der Waals surface area contributed by atoms with Gasteiger partial charge in [-0.3, -0.25) is 0 Å². The molecular weight excluding hydrogens is 176 g/mol. The molecule has 0 bridgehead atoms. The quantitative estimate of drug-likeness (QED) is 0.420. The molecule has 0 saturated carbocycles. The summed E-state index contributed by atoms with van der Waals surface area (Å²) in [4.78, 5) is 4.10. The molecule has 0 aliphatic rings. The molecule has 11 heavy (non-hydrogen) atoms. The molecule has 2 nitrogen and oxygen atoms in total. The SMILES string of the molecule is CC(N)(S)Sc1ccccn1. The lowest BCUT2D eigenvalue weighted by Gasteiger charge is -2.14. The van der Waals surface area contributed by atoms with E-state index in [0.717, 1.165) is 5.03 Å². The third kappa shape index (κ3) is 3.65. The second-order valence-electron chi connectivity index (χ2n) is 2.32. The highest BCUT2D eigenvalue weighted by Crippen LogP contribution is 2.28. The number of aromatic nitrogens is 1. The first-order chi connectivity index (χ1) is 5.08. The van der Waals surface area contributed by atoms with Crippen LogP contribution in [0.3, 0.4) is 0 Å². The molecule has 0 fully saturated rings. The van der Waals surface area contributed by atoms with Crippen LogP contribution >= 0.6 is 24.4 Å². The number of thiol groups is 1. The van der Waals surface area contributed by atoms with Gasteiger partial charge >= 0.3 is 0 Å². The molecule has 2 N–H and O–H groups in total. The first-order valence-corrected chi connectivity index (χ1v) is 4.45. The van der Waals surface area contributed by atoms with Crippen molar-refractivity contribution >= 4 is 24.4 Å². The molecule has 1 unspecified atom stereocenters. The number of pyridine rings is 1. The van der Waals surface area contributed by atoms with Gasteiger partial charge in [0.15, 0.2) is 0 Å². The van der Waals surface area contributed by atoms with Crippen molar-refractivity contribution in [2.45, 2.75) is 16.2 Å². The lowest BCUT2D eigenvalue weighted by Crippen LogP contribution is -2.23. The number of thioether (sulfide) groups is 1. The maximum Gasteiger partial charge on any atom is 0.109 e. The fourth-order valence-electron chi connectivity index (χ4n) is 0.619. The van der Waals surface area contributed by atoms with Gasteiger partial charge in [0.1, 0.15) is 4.20 Å². The van der Waals surface area contributed by atoms with Gasteiger partial charge in [-0.1, -0.05) is 17.8 Å². The molecule has 0 aromatic carbocycles. The summed E-state index contributed by atoms with van der Waals surface area (Å²) >= 11 is 5.60. The van der Waals surface area contributed by atoms with E-state index in [9.17, 15) is 0 Å². The lowest BCUT2D eigenvalue weighted by atomic mass is 10.5. The molecule has 0 saturated heterocycles. The van der Waals surface area contributed by atoms with Crippen LogP contribution in [0.4, 0.5) is 0 Å². The van der Waals surface area contributed by atoms with Gasteiger partial charge in [0, 0.05) is 6.20 Å². The van der Waals surface area contributed by atoms with E-state index in [1.807, 2.05) is 25.1 Å². The van der Waals surface area contributed by atoms with E-state index in [1.54, 1.807) is 6.20 Å². The van der Waals surface area contributed by atoms with Crippen LogP contribution in [-0.2, 0) is 0 Å². The minimum absolute atomic E-state index is 0.547. The van der Waals surface area contributed by atoms with Crippen LogP contribution in [0.5, 0.6) is 0 Å². The standard InChI is InChI=1S/C7H10N2S2/c1-7(8,10)11-6-4-2-3-5-9-6/h2-5,10H,8H2,1H3. The fourth-order valence-corrected chi connectivity index (χ4v) is 1.58. The molecule has 1 rings (SSSR count). The molecule has 60 valence electrons. The molecule has 1 aromatic heterocycles. The largest absolute Gasteiger partial charge is 0.308 e. The molecule has 0 aliphatic heterocycles. The highest BCUT2D eigenvalue weighted by molar-refractivity contribution is 8.11. The Hall–Kier alpha value is -0.190. The zero-order chi connectivity index (χ0) is 8.32. The van der Waals surface area contributed by atoms with Crippen molar-refractivity contribution in [1.82, 2.24) is 4.98 Å². The molecule has 0 radical (unpaired) electrons. The number of nitrogens with two attached hydrogens (primary N) is 1. The van der Waals surface area contributed by atoms with Crippen molar-refractivity contribution < 1.29 is 0 Å². The first kappa shape index (κ1) is 8.90. The average molecular weight is 186 g/mol. The van der Waals surface area contributed by atoms with Crippen molar-refractivity contribution in [1.29, 1.82) is 0 Å². The van der Waals surface area contributed by atoms with Crippen LogP contribution < -0.4 is 5.73 Å². The lowest BCUT2D eigenvalue weighted by molar-refractivity contribution is 0.964. The van der Waals surface area contributed by atoms with Gasteiger partial charge in [-0.2, -0.15) is 0 Å². The normalized spacial score (nSPS) is 15.9. The molecule has 0 spiro atoms. The summed E-state index contributed by atoms with van der Waals surface area (Å²) < 4.78 is -0.547.